The molecule has 1 aromatic carbocycles. The number of nitrogens with zero attached hydrogens (tertiary/aromatic N) is 2. The maximum atomic E-state index is 12.3. The van der Waals surface area contributed by atoms with Crippen LogP contribution in [0.5, 0.6) is 0 Å². The molecular weight excluding hydrogens is 468 g/mol. The highest BCUT2D eigenvalue weighted by Crippen LogP contribution is 2.67. The fourth-order valence-corrected chi connectivity index (χ4v) is 9.98. The maximum absolute atomic E-state index is 12.3. The summed E-state index contributed by atoms with van der Waals surface area (Å²) in [6.07, 6.45) is 12.8. The zero-order chi connectivity index (χ0) is 26.7. The summed E-state index contributed by atoms with van der Waals surface area (Å²) >= 11 is 0. The molecule has 0 spiro atoms. The monoisotopic (exact) mass is 518 g/mol. The van der Waals surface area contributed by atoms with Gasteiger partial charge in [0, 0.05) is 44.6 Å². The van der Waals surface area contributed by atoms with Gasteiger partial charge in [-0.2, -0.15) is 0 Å². The lowest BCUT2D eigenvalue weighted by Crippen LogP contribution is -2.57. The molecule has 1 heterocycles. The smallest absolute Gasteiger partial charge is 0.303 e. The molecule has 5 aliphatic rings. The Labute approximate surface area is 231 Å². The Bertz CT molecular complexity index is 1060. The molecule has 0 amide bonds. The number of rotatable bonds is 3. The second kappa shape index (κ2) is 10.1. The van der Waals surface area contributed by atoms with Crippen LogP contribution in [0.15, 0.2) is 29.8 Å². The van der Waals surface area contributed by atoms with Crippen LogP contribution in [0.4, 0.5) is 0 Å². The first-order valence-corrected chi connectivity index (χ1v) is 15.5. The van der Waals surface area contributed by atoms with Crippen molar-refractivity contribution in [1.29, 1.82) is 0 Å². The molecule has 0 aromatic heterocycles. The van der Waals surface area contributed by atoms with E-state index >= 15 is 0 Å². The van der Waals surface area contributed by atoms with Crippen molar-refractivity contribution in [2.75, 3.05) is 33.2 Å². The Hall–Kier alpha value is -1.65. The van der Waals surface area contributed by atoms with Gasteiger partial charge >= 0.3 is 5.97 Å². The minimum absolute atomic E-state index is 0.0591. The minimum Gasteiger partial charge on any atom is -0.457 e. The van der Waals surface area contributed by atoms with Crippen LogP contribution in [0.2, 0.25) is 0 Å². The number of fused-ring (bicyclic) bond motifs is 5. The highest BCUT2D eigenvalue weighted by Gasteiger charge is 2.62. The molecule has 38 heavy (non-hydrogen) atoms. The summed E-state index contributed by atoms with van der Waals surface area (Å²) in [5.41, 5.74) is 4.41. The summed E-state index contributed by atoms with van der Waals surface area (Å²) in [6.45, 7) is 13.8. The number of aryl methyl sites for hydroxylation is 1. The molecule has 4 heteroatoms. The second-order valence-corrected chi connectivity index (χ2v) is 14.3. The molecule has 1 aliphatic heterocycles. The third-order valence-electron chi connectivity index (χ3n) is 12.2. The number of hydrogen-bond donors (Lipinski definition) is 0. The van der Waals surface area contributed by atoms with Crippen molar-refractivity contribution in [3.8, 4) is 0 Å². The molecule has 1 saturated heterocycles. The van der Waals surface area contributed by atoms with E-state index in [1.54, 1.807) is 6.92 Å². The Kier molecular flexibility index (Phi) is 7.04. The summed E-state index contributed by atoms with van der Waals surface area (Å²) in [6, 6.07) is 9.61. The zero-order valence-corrected chi connectivity index (χ0v) is 24.5. The van der Waals surface area contributed by atoms with Gasteiger partial charge in [-0.15, -0.1) is 0 Å². The average Bonchev–Trinajstić information content (AvgIpc) is 3.16. The minimum atomic E-state index is -0.133. The fourth-order valence-electron chi connectivity index (χ4n) is 9.98. The lowest BCUT2D eigenvalue weighted by molar-refractivity contribution is -0.160. The van der Waals surface area contributed by atoms with Crippen LogP contribution < -0.4 is 0 Å². The lowest BCUT2D eigenvalue weighted by atomic mass is 9.45. The van der Waals surface area contributed by atoms with E-state index in [1.807, 2.05) is 0 Å². The van der Waals surface area contributed by atoms with Gasteiger partial charge in [0.2, 0.25) is 0 Å². The predicted octanol–water partition coefficient (Wildman–Crippen LogP) is 6.58. The summed E-state index contributed by atoms with van der Waals surface area (Å²) in [4.78, 5) is 17.6. The Balaban J connectivity index is 1.23. The van der Waals surface area contributed by atoms with Crippen molar-refractivity contribution in [2.24, 2.45) is 34.5 Å². The van der Waals surface area contributed by atoms with Gasteiger partial charge in [-0.25, -0.2) is 0 Å². The van der Waals surface area contributed by atoms with Gasteiger partial charge in [0.25, 0.3) is 0 Å². The van der Waals surface area contributed by atoms with Crippen LogP contribution >= 0.6 is 0 Å². The molecule has 6 rings (SSSR count). The number of piperazine rings is 1. The summed E-state index contributed by atoms with van der Waals surface area (Å²) in [5.74, 6) is 2.95. The van der Waals surface area contributed by atoms with E-state index in [0.29, 0.717) is 11.3 Å². The third kappa shape index (κ3) is 4.58. The van der Waals surface area contributed by atoms with Crippen LogP contribution in [0, 0.1) is 41.4 Å². The standard InChI is InChI=1S/C34H50N2O2/c1-23-6-8-25(9-7-23)20-26-21-31-29-11-10-27-22-28(36-18-16-35(5)17-19-36)12-14-33(27,3)30(29)13-15-34(31,4)32(26)38-24(2)37/h6-9,20,27-32H,10-19,21-22H2,1-5H3/b26-20+/t27?,28-,29?,30?,31?,32-,33-,34-/m0/s1. The largest absolute Gasteiger partial charge is 0.457 e. The van der Waals surface area contributed by atoms with Gasteiger partial charge in [-0.1, -0.05) is 49.8 Å². The van der Waals surface area contributed by atoms with E-state index in [4.69, 9.17) is 4.74 Å². The van der Waals surface area contributed by atoms with Crippen LogP contribution in [0.1, 0.15) is 83.3 Å². The summed E-state index contributed by atoms with van der Waals surface area (Å²) in [5, 5.41) is 0. The average molecular weight is 519 g/mol. The Morgan fingerprint density at radius 2 is 1.66 bits per heavy atom. The molecule has 8 atom stereocenters. The van der Waals surface area contributed by atoms with E-state index in [9.17, 15) is 4.79 Å². The van der Waals surface area contributed by atoms with Crippen LogP contribution in [-0.4, -0.2) is 61.1 Å². The van der Waals surface area contributed by atoms with Gasteiger partial charge in [0.1, 0.15) is 6.10 Å². The molecule has 4 unspecified atom stereocenters. The van der Waals surface area contributed by atoms with Gasteiger partial charge in [0.15, 0.2) is 0 Å². The topological polar surface area (TPSA) is 32.8 Å². The van der Waals surface area contributed by atoms with Crippen molar-refractivity contribution in [1.82, 2.24) is 9.80 Å². The Morgan fingerprint density at radius 3 is 2.37 bits per heavy atom. The zero-order valence-electron chi connectivity index (χ0n) is 24.5. The molecule has 1 aromatic rings. The number of carbonyl (C=O) groups excluding carboxylic acids is 1. The van der Waals surface area contributed by atoms with Crippen molar-refractivity contribution < 1.29 is 9.53 Å². The number of hydrogen-bond acceptors (Lipinski definition) is 4. The first-order chi connectivity index (χ1) is 18.2. The molecule has 4 nitrogen and oxygen atoms in total. The second-order valence-electron chi connectivity index (χ2n) is 14.3. The third-order valence-corrected chi connectivity index (χ3v) is 12.2. The van der Waals surface area contributed by atoms with E-state index in [1.165, 1.54) is 87.8 Å². The number of ether oxygens (including phenoxy) is 1. The number of likely N-dealkylation sites (N-methyl/N-ethyl adjacent to an activating group) is 1. The molecule has 4 saturated carbocycles. The highest BCUT2D eigenvalue weighted by molar-refractivity contribution is 5.67. The Morgan fingerprint density at radius 1 is 0.947 bits per heavy atom. The highest BCUT2D eigenvalue weighted by atomic mass is 16.5. The first kappa shape index (κ1) is 26.6. The number of esters is 1. The first-order valence-electron chi connectivity index (χ1n) is 15.5. The molecular formula is C34H50N2O2. The normalized spacial score (nSPS) is 42.8. The quantitative estimate of drug-likeness (QED) is 0.423. The lowest BCUT2D eigenvalue weighted by Gasteiger charge is -2.61. The van der Waals surface area contributed by atoms with Crippen molar-refractivity contribution in [3.05, 3.63) is 41.0 Å². The molecule has 4 aliphatic carbocycles. The maximum Gasteiger partial charge on any atom is 0.303 e. The van der Waals surface area contributed by atoms with Crippen LogP contribution in [-0.2, 0) is 9.53 Å². The summed E-state index contributed by atoms with van der Waals surface area (Å²) in [7, 11) is 2.27. The van der Waals surface area contributed by atoms with E-state index in [-0.39, 0.29) is 17.5 Å². The molecule has 0 bridgehead atoms. The SMILES string of the molecule is CC(=O)O[C@H]1/C(=C/c2ccc(C)cc2)CC2C3CCC4C[C@@H](N5CCN(C)CC5)CC[C@]4(C)C3CC[C@@]21C. The molecule has 0 N–H and O–H groups in total. The molecule has 5 fully saturated rings. The van der Waals surface area contributed by atoms with Crippen LogP contribution in [0.25, 0.3) is 6.08 Å². The van der Waals surface area contributed by atoms with Gasteiger partial charge in [-0.05, 0) is 106 Å². The summed E-state index contributed by atoms with van der Waals surface area (Å²) < 4.78 is 6.18. The van der Waals surface area contributed by atoms with E-state index in [2.05, 4.69) is 68.0 Å². The van der Waals surface area contributed by atoms with Crippen molar-refractivity contribution in [3.63, 3.8) is 0 Å². The fraction of sp³-hybridized carbons (Fsp3) is 0.735. The molecule has 0 radical (unpaired) electrons. The predicted molar refractivity (Wildman–Crippen MR) is 155 cm³/mol. The van der Waals surface area contributed by atoms with Crippen LogP contribution in [0.3, 0.4) is 0 Å². The van der Waals surface area contributed by atoms with Crippen molar-refractivity contribution >= 4 is 12.0 Å². The molecule has 208 valence electrons. The van der Waals surface area contributed by atoms with Crippen molar-refractivity contribution in [2.45, 2.75) is 91.2 Å². The van der Waals surface area contributed by atoms with Gasteiger partial charge in [-0.3, -0.25) is 9.69 Å². The van der Waals surface area contributed by atoms with E-state index in [0.717, 1.165) is 30.2 Å². The van der Waals surface area contributed by atoms with E-state index < -0.39 is 0 Å². The number of carbonyl (C=O) groups is 1. The van der Waals surface area contributed by atoms with Gasteiger partial charge < -0.3 is 9.64 Å². The number of benzene rings is 1. The van der Waals surface area contributed by atoms with Gasteiger partial charge in [0.05, 0.1) is 0 Å².